The van der Waals surface area contributed by atoms with Crippen molar-refractivity contribution in [2.24, 2.45) is 5.92 Å². The van der Waals surface area contributed by atoms with Crippen LogP contribution < -0.4 is 10.6 Å². The van der Waals surface area contributed by atoms with E-state index in [9.17, 15) is 4.79 Å². The fraction of sp³-hybridized carbons (Fsp3) is 0.354. The Morgan fingerprint density at radius 1 is 0.621 bits per heavy atom. The Kier molecular flexibility index (Phi) is 14.3. The van der Waals surface area contributed by atoms with E-state index in [4.69, 9.17) is 14.5 Å². The standard InChI is InChI=1S/C26H32N8O.C22H23N7O2/c1-17(2)19-8-26(32-28-10-19)31-25-6-5-23-24(30-25)7-20(9-27-23)21-11-29-34(14-21)16-22(35-4)15-33-12-18(3)13-33;1-14(2)15-7-22(28-24-9-15)27-21-5-4-19-20(26-21)6-16(8-23-19)17-10-25-29(11-17)12-18(13-30)31-3/h5-11,14,17-18,22H,12-13,15-16H2,1-4H3,(H,30,31,32);4-11,13-14,18H,12H2,1-3H3,(H,26,27,28). The number of hydrogen-bond acceptors (Lipinski definition) is 16. The minimum absolute atomic E-state index is 0.109. The second-order valence-corrected chi connectivity index (χ2v) is 17.2. The Hall–Kier alpha value is -7.15. The summed E-state index contributed by atoms with van der Waals surface area (Å²) in [6.45, 7) is 15.0. The molecule has 18 nitrogen and oxygen atoms in total. The normalized spacial score (nSPS) is 14.0. The monoisotopic (exact) mass is 889 g/mol. The average molecular weight is 890 g/mol. The molecule has 1 aliphatic rings. The maximum Gasteiger partial charge on any atom is 0.154 e. The van der Waals surface area contributed by atoms with Crippen LogP contribution in [-0.2, 0) is 27.4 Å². The number of ether oxygens (including phenoxy) is 2. The molecule has 0 radical (unpaired) electrons. The van der Waals surface area contributed by atoms with Crippen molar-refractivity contribution >= 4 is 51.6 Å². The summed E-state index contributed by atoms with van der Waals surface area (Å²) in [5.41, 5.74) is 9.12. The lowest BCUT2D eigenvalue weighted by Gasteiger charge is -2.38. The highest BCUT2D eigenvalue weighted by Crippen LogP contribution is 2.27. The number of nitrogens with one attached hydrogen (secondary N) is 2. The molecule has 9 heterocycles. The van der Waals surface area contributed by atoms with E-state index in [1.165, 1.54) is 7.11 Å². The summed E-state index contributed by atoms with van der Waals surface area (Å²) in [6.07, 6.45) is 15.0. The van der Waals surface area contributed by atoms with Crippen LogP contribution in [0, 0.1) is 5.92 Å². The van der Waals surface area contributed by atoms with Gasteiger partial charge in [0.05, 0.1) is 66.0 Å². The van der Waals surface area contributed by atoms with Gasteiger partial charge in [-0.05, 0) is 77.4 Å². The summed E-state index contributed by atoms with van der Waals surface area (Å²) in [4.78, 5) is 32.0. The van der Waals surface area contributed by atoms with Gasteiger partial charge in [-0.15, -0.1) is 10.2 Å². The van der Waals surface area contributed by atoms with Crippen molar-refractivity contribution in [2.75, 3.05) is 44.5 Å². The number of pyridine rings is 4. The Morgan fingerprint density at radius 2 is 1.14 bits per heavy atom. The minimum Gasteiger partial charge on any atom is -0.378 e. The molecule has 9 rings (SSSR count). The van der Waals surface area contributed by atoms with Gasteiger partial charge in [0.1, 0.15) is 17.7 Å². The second-order valence-electron chi connectivity index (χ2n) is 17.2. The molecule has 8 aromatic rings. The zero-order chi connectivity index (χ0) is 46.2. The number of aldehydes is 1. The van der Waals surface area contributed by atoms with Crippen molar-refractivity contribution in [1.82, 2.24) is 64.8 Å². The van der Waals surface area contributed by atoms with Gasteiger partial charge in [0, 0.05) is 80.9 Å². The summed E-state index contributed by atoms with van der Waals surface area (Å²) < 4.78 is 14.4. The number of methoxy groups -OCH3 is 2. The highest BCUT2D eigenvalue weighted by Gasteiger charge is 2.25. The molecule has 2 N–H and O–H groups in total. The molecule has 1 aliphatic heterocycles. The van der Waals surface area contributed by atoms with E-state index in [1.54, 1.807) is 36.6 Å². The first-order valence-corrected chi connectivity index (χ1v) is 22.0. The molecule has 2 atom stereocenters. The van der Waals surface area contributed by atoms with Gasteiger partial charge >= 0.3 is 0 Å². The summed E-state index contributed by atoms with van der Waals surface area (Å²) in [7, 11) is 3.27. The van der Waals surface area contributed by atoms with Crippen LogP contribution in [0.15, 0.2) is 98.1 Å². The highest BCUT2D eigenvalue weighted by molar-refractivity contribution is 5.83. The molecule has 0 spiro atoms. The molecule has 8 aromatic heterocycles. The molecule has 2 unspecified atom stereocenters. The SMILES string of the molecule is COC(C=O)Cn1cc(-c2cnc3ccc(Nc4cc(C(C)C)cnn4)nc3c2)cn1.COC(CN1CC(C)C1)Cn1cc(-c2cnc3ccc(Nc4cc(C(C)C)cnn4)nc3c2)cn1. The molecule has 0 aliphatic carbocycles. The summed E-state index contributed by atoms with van der Waals surface area (Å²) in [5, 5.41) is 31.8. The van der Waals surface area contributed by atoms with E-state index in [0.717, 1.165) is 87.3 Å². The maximum atomic E-state index is 11.0. The first-order valence-electron chi connectivity index (χ1n) is 22.0. The van der Waals surface area contributed by atoms with E-state index >= 15 is 0 Å². The Morgan fingerprint density at radius 3 is 1.59 bits per heavy atom. The summed E-state index contributed by atoms with van der Waals surface area (Å²) in [5.74, 6) is 4.20. The molecule has 0 aromatic carbocycles. The molecule has 1 saturated heterocycles. The van der Waals surface area contributed by atoms with Crippen LogP contribution in [0.2, 0.25) is 0 Å². The lowest BCUT2D eigenvalue weighted by Crippen LogP contribution is -2.49. The van der Waals surface area contributed by atoms with Crippen LogP contribution >= 0.6 is 0 Å². The maximum absolute atomic E-state index is 11.0. The molecule has 66 heavy (non-hydrogen) atoms. The number of likely N-dealkylation sites (tertiary alicyclic amines) is 1. The minimum atomic E-state index is -0.532. The van der Waals surface area contributed by atoms with Gasteiger partial charge in [-0.2, -0.15) is 20.4 Å². The number of hydrogen-bond donors (Lipinski definition) is 2. The van der Waals surface area contributed by atoms with E-state index in [0.29, 0.717) is 48.2 Å². The number of carbonyl (C=O) groups is 1. The Labute approximate surface area is 383 Å². The fourth-order valence-electron chi connectivity index (χ4n) is 7.51. The molecular formula is C48H55N15O3. The van der Waals surface area contributed by atoms with Gasteiger partial charge in [-0.3, -0.25) is 19.3 Å². The topological polar surface area (TPSA) is 202 Å². The molecule has 18 heteroatoms. The van der Waals surface area contributed by atoms with Gasteiger partial charge < -0.3 is 29.8 Å². The molecule has 340 valence electrons. The summed E-state index contributed by atoms with van der Waals surface area (Å²) in [6, 6.07) is 15.6. The van der Waals surface area contributed by atoms with Gasteiger partial charge in [0.2, 0.25) is 0 Å². The van der Waals surface area contributed by atoms with Gasteiger partial charge in [0.15, 0.2) is 17.9 Å². The van der Waals surface area contributed by atoms with Crippen molar-refractivity contribution in [2.45, 2.75) is 71.8 Å². The fourth-order valence-corrected chi connectivity index (χ4v) is 7.51. The van der Waals surface area contributed by atoms with Crippen LogP contribution in [0.3, 0.4) is 0 Å². The average Bonchev–Trinajstić information content (AvgIpc) is 4.00. The second kappa shape index (κ2) is 20.8. The van der Waals surface area contributed by atoms with E-state index in [-0.39, 0.29) is 6.10 Å². The molecule has 0 bridgehead atoms. The van der Waals surface area contributed by atoms with E-state index in [2.05, 4.69) is 95.7 Å². The van der Waals surface area contributed by atoms with Crippen LogP contribution in [-0.4, -0.2) is 117 Å². The van der Waals surface area contributed by atoms with Crippen molar-refractivity contribution in [1.29, 1.82) is 0 Å². The first kappa shape index (κ1) is 45.4. The van der Waals surface area contributed by atoms with Gasteiger partial charge in [0.25, 0.3) is 0 Å². The third-order valence-corrected chi connectivity index (χ3v) is 11.4. The quantitative estimate of drug-likeness (QED) is 0.0851. The van der Waals surface area contributed by atoms with Crippen LogP contribution in [0.5, 0.6) is 0 Å². The van der Waals surface area contributed by atoms with Gasteiger partial charge in [-0.25, -0.2) is 9.97 Å². The zero-order valence-electron chi connectivity index (χ0n) is 38.3. The molecular weight excluding hydrogens is 835 g/mol. The van der Waals surface area contributed by atoms with Crippen molar-refractivity contribution < 1.29 is 14.3 Å². The molecule has 1 fully saturated rings. The van der Waals surface area contributed by atoms with E-state index in [1.807, 2.05) is 78.0 Å². The number of anilines is 4. The highest BCUT2D eigenvalue weighted by atomic mass is 16.5. The molecule has 0 saturated carbocycles. The predicted molar refractivity (Wildman–Crippen MR) is 254 cm³/mol. The zero-order valence-corrected chi connectivity index (χ0v) is 38.3. The molecule has 0 amide bonds. The van der Waals surface area contributed by atoms with Crippen molar-refractivity contribution in [3.63, 3.8) is 0 Å². The lowest BCUT2D eigenvalue weighted by atomic mass is 10.0. The van der Waals surface area contributed by atoms with Crippen molar-refractivity contribution in [3.8, 4) is 22.3 Å². The Balaban J connectivity index is 0.000000181. The first-order chi connectivity index (χ1) is 32.0. The predicted octanol–water partition coefficient (Wildman–Crippen LogP) is 7.48. The number of carbonyl (C=O) groups excluding carboxylic acids is 1. The third-order valence-electron chi connectivity index (χ3n) is 11.4. The largest absolute Gasteiger partial charge is 0.378 e. The van der Waals surface area contributed by atoms with Crippen LogP contribution in [0.25, 0.3) is 44.3 Å². The number of rotatable bonds is 17. The van der Waals surface area contributed by atoms with Crippen LogP contribution in [0.1, 0.15) is 57.6 Å². The third kappa shape index (κ3) is 11.4. The smallest absolute Gasteiger partial charge is 0.154 e. The number of nitrogens with zero attached hydrogens (tertiary/aromatic N) is 13. The Bertz CT molecular complexity index is 2890. The van der Waals surface area contributed by atoms with Crippen molar-refractivity contribution in [3.05, 3.63) is 109 Å². The lowest BCUT2D eigenvalue weighted by molar-refractivity contribution is -0.117. The number of fused-ring (bicyclic) bond motifs is 2. The van der Waals surface area contributed by atoms with E-state index < -0.39 is 6.10 Å². The van der Waals surface area contributed by atoms with Crippen LogP contribution in [0.4, 0.5) is 23.3 Å². The number of aromatic nitrogens is 12. The summed E-state index contributed by atoms with van der Waals surface area (Å²) >= 11 is 0. The van der Waals surface area contributed by atoms with Gasteiger partial charge in [-0.1, -0.05) is 34.6 Å².